The minimum atomic E-state index is 0.0346. The first kappa shape index (κ1) is 13.2. The topological polar surface area (TPSA) is 35.2 Å². The van der Waals surface area contributed by atoms with Crippen molar-refractivity contribution < 1.29 is 4.74 Å². The van der Waals surface area contributed by atoms with E-state index in [0.29, 0.717) is 0 Å². The lowest BCUT2D eigenvalue weighted by Crippen LogP contribution is -2.26. The first-order valence-electron chi connectivity index (χ1n) is 5.26. The van der Waals surface area contributed by atoms with Crippen LogP contribution in [-0.4, -0.2) is 12.6 Å². The van der Waals surface area contributed by atoms with Crippen molar-refractivity contribution >= 4 is 27.3 Å². The summed E-state index contributed by atoms with van der Waals surface area (Å²) >= 11 is 5.14. The Kier molecular flexibility index (Phi) is 5.82. The Bertz CT molecular complexity index is 288. The fraction of sp³-hybridized carbons (Fsp3) is 0.636. The molecule has 15 heavy (non-hydrogen) atoms. The van der Waals surface area contributed by atoms with Crippen molar-refractivity contribution in [2.75, 3.05) is 6.61 Å². The van der Waals surface area contributed by atoms with E-state index in [1.165, 1.54) is 4.88 Å². The quantitative estimate of drug-likeness (QED) is 0.811. The lowest BCUT2D eigenvalue weighted by atomic mass is 10.1. The van der Waals surface area contributed by atoms with Crippen molar-refractivity contribution in [1.82, 2.24) is 0 Å². The Morgan fingerprint density at radius 2 is 2.33 bits per heavy atom. The van der Waals surface area contributed by atoms with Gasteiger partial charge in [0, 0.05) is 27.4 Å². The normalized spacial score (nSPS) is 15.2. The average molecular weight is 292 g/mol. The van der Waals surface area contributed by atoms with E-state index in [0.717, 1.165) is 23.9 Å². The number of nitrogens with two attached hydrogens (primary N) is 1. The van der Waals surface area contributed by atoms with Gasteiger partial charge in [0.05, 0.1) is 0 Å². The summed E-state index contributed by atoms with van der Waals surface area (Å²) in [5.74, 6) is 0. The van der Waals surface area contributed by atoms with Crippen molar-refractivity contribution in [3.63, 3.8) is 0 Å². The molecule has 2 nitrogen and oxygen atoms in total. The third-order valence-corrected chi connectivity index (χ3v) is 3.90. The van der Waals surface area contributed by atoms with E-state index in [1.807, 2.05) is 6.92 Å². The van der Waals surface area contributed by atoms with Gasteiger partial charge in [-0.05, 0) is 35.3 Å². The molecule has 0 spiro atoms. The SMILES string of the molecule is CCCCOC(c1cc(Br)cs1)C(C)N. The minimum absolute atomic E-state index is 0.0346. The molecule has 0 aliphatic rings. The van der Waals surface area contributed by atoms with Gasteiger partial charge in [-0.1, -0.05) is 13.3 Å². The summed E-state index contributed by atoms with van der Waals surface area (Å²) in [7, 11) is 0. The number of hydrogen-bond acceptors (Lipinski definition) is 3. The molecule has 2 unspecified atom stereocenters. The third kappa shape index (κ3) is 4.23. The summed E-state index contributed by atoms with van der Waals surface area (Å²) in [6, 6.07) is 2.12. The lowest BCUT2D eigenvalue weighted by Gasteiger charge is -2.20. The maximum Gasteiger partial charge on any atom is 0.106 e. The van der Waals surface area contributed by atoms with E-state index in [9.17, 15) is 0 Å². The number of halogens is 1. The molecule has 1 heterocycles. The van der Waals surface area contributed by atoms with Crippen molar-refractivity contribution in [1.29, 1.82) is 0 Å². The Morgan fingerprint density at radius 1 is 1.60 bits per heavy atom. The first-order chi connectivity index (χ1) is 7.15. The first-order valence-corrected chi connectivity index (χ1v) is 6.93. The van der Waals surface area contributed by atoms with Gasteiger partial charge in [0.25, 0.3) is 0 Å². The molecule has 0 saturated carbocycles. The van der Waals surface area contributed by atoms with Gasteiger partial charge in [-0.2, -0.15) is 0 Å². The van der Waals surface area contributed by atoms with E-state index < -0.39 is 0 Å². The van der Waals surface area contributed by atoms with Crippen LogP contribution in [0.2, 0.25) is 0 Å². The van der Waals surface area contributed by atoms with Gasteiger partial charge in [-0.15, -0.1) is 11.3 Å². The molecule has 0 aliphatic carbocycles. The molecule has 86 valence electrons. The summed E-state index contributed by atoms with van der Waals surface area (Å²) in [4.78, 5) is 1.20. The molecule has 2 N–H and O–H groups in total. The van der Waals surface area contributed by atoms with Crippen LogP contribution >= 0.6 is 27.3 Å². The summed E-state index contributed by atoms with van der Waals surface area (Å²) in [6.07, 6.45) is 2.28. The van der Waals surface area contributed by atoms with Crippen LogP contribution in [0.3, 0.4) is 0 Å². The van der Waals surface area contributed by atoms with Gasteiger partial charge in [-0.25, -0.2) is 0 Å². The van der Waals surface area contributed by atoms with E-state index in [2.05, 4.69) is 34.3 Å². The second kappa shape index (κ2) is 6.63. The van der Waals surface area contributed by atoms with Crippen molar-refractivity contribution in [3.05, 3.63) is 20.8 Å². The number of hydrogen-bond donors (Lipinski definition) is 1. The molecule has 1 aromatic rings. The molecule has 0 saturated heterocycles. The van der Waals surface area contributed by atoms with Crippen LogP contribution in [0.25, 0.3) is 0 Å². The van der Waals surface area contributed by atoms with Crippen LogP contribution in [0.4, 0.5) is 0 Å². The second-order valence-electron chi connectivity index (χ2n) is 3.67. The van der Waals surface area contributed by atoms with Crippen molar-refractivity contribution in [2.24, 2.45) is 5.73 Å². The van der Waals surface area contributed by atoms with Crippen LogP contribution in [0.15, 0.2) is 15.9 Å². The number of rotatable bonds is 6. The van der Waals surface area contributed by atoms with Crippen molar-refractivity contribution in [2.45, 2.75) is 38.8 Å². The number of ether oxygens (including phenoxy) is 1. The highest BCUT2D eigenvalue weighted by molar-refractivity contribution is 9.10. The molecule has 4 heteroatoms. The van der Waals surface area contributed by atoms with Crippen molar-refractivity contribution in [3.8, 4) is 0 Å². The zero-order valence-corrected chi connectivity index (χ0v) is 11.6. The van der Waals surface area contributed by atoms with Gasteiger partial charge < -0.3 is 10.5 Å². The minimum Gasteiger partial charge on any atom is -0.371 e. The zero-order chi connectivity index (χ0) is 11.3. The van der Waals surface area contributed by atoms with Gasteiger partial charge in [0.1, 0.15) is 6.10 Å². The zero-order valence-electron chi connectivity index (χ0n) is 9.20. The Balaban J connectivity index is 2.58. The maximum absolute atomic E-state index is 5.93. The van der Waals surface area contributed by atoms with Gasteiger partial charge in [0.2, 0.25) is 0 Å². The fourth-order valence-corrected chi connectivity index (χ4v) is 2.93. The largest absolute Gasteiger partial charge is 0.371 e. The summed E-state index contributed by atoms with van der Waals surface area (Å²) < 4.78 is 6.91. The van der Waals surface area contributed by atoms with Crippen LogP contribution in [0, 0.1) is 0 Å². The third-order valence-electron chi connectivity index (χ3n) is 2.14. The molecule has 0 aliphatic heterocycles. The van der Waals surface area contributed by atoms with Crippen LogP contribution in [-0.2, 0) is 4.74 Å². The summed E-state index contributed by atoms with van der Waals surface area (Å²) in [5.41, 5.74) is 5.93. The van der Waals surface area contributed by atoms with Gasteiger partial charge >= 0.3 is 0 Å². The predicted molar refractivity (Wildman–Crippen MR) is 69.3 cm³/mol. The van der Waals surface area contributed by atoms with E-state index >= 15 is 0 Å². The molecule has 1 aromatic heterocycles. The number of unbranched alkanes of at least 4 members (excludes halogenated alkanes) is 1. The lowest BCUT2D eigenvalue weighted by molar-refractivity contribution is 0.0389. The Hall–Kier alpha value is 0.1000. The fourth-order valence-electron chi connectivity index (χ4n) is 1.33. The average Bonchev–Trinajstić information content (AvgIpc) is 2.59. The Morgan fingerprint density at radius 3 is 2.80 bits per heavy atom. The number of thiophene rings is 1. The summed E-state index contributed by atoms with van der Waals surface area (Å²) in [5, 5.41) is 2.06. The van der Waals surface area contributed by atoms with Crippen LogP contribution in [0.5, 0.6) is 0 Å². The molecule has 1 rings (SSSR count). The molecule has 0 fully saturated rings. The van der Waals surface area contributed by atoms with E-state index in [1.54, 1.807) is 11.3 Å². The monoisotopic (exact) mass is 291 g/mol. The highest BCUT2D eigenvalue weighted by atomic mass is 79.9. The summed E-state index contributed by atoms with van der Waals surface area (Å²) in [6.45, 7) is 4.94. The van der Waals surface area contributed by atoms with Gasteiger partial charge in [0.15, 0.2) is 0 Å². The Labute approximate surface area is 104 Å². The van der Waals surface area contributed by atoms with E-state index in [4.69, 9.17) is 10.5 Å². The molecular weight excluding hydrogens is 274 g/mol. The molecule has 0 aromatic carbocycles. The molecule has 0 amide bonds. The van der Waals surface area contributed by atoms with Crippen LogP contribution < -0.4 is 5.73 Å². The predicted octanol–water partition coefficient (Wildman–Crippen LogP) is 3.72. The van der Waals surface area contributed by atoms with Gasteiger partial charge in [-0.3, -0.25) is 0 Å². The molecule has 0 radical (unpaired) electrons. The maximum atomic E-state index is 5.93. The van der Waals surface area contributed by atoms with Crippen LogP contribution in [0.1, 0.15) is 37.7 Å². The molecular formula is C11H18BrNOS. The molecule has 0 bridgehead atoms. The highest BCUT2D eigenvalue weighted by Gasteiger charge is 2.18. The highest BCUT2D eigenvalue weighted by Crippen LogP contribution is 2.29. The second-order valence-corrected chi connectivity index (χ2v) is 5.53. The van der Waals surface area contributed by atoms with E-state index in [-0.39, 0.29) is 12.1 Å². The smallest absolute Gasteiger partial charge is 0.106 e. The standard InChI is InChI=1S/C11H18BrNOS/c1-3-4-5-14-11(8(2)13)10-6-9(12)7-15-10/h6-8,11H,3-5,13H2,1-2H3. The molecule has 2 atom stereocenters.